The average molecular weight is 241 g/mol. The molecule has 2 heterocycles. The second-order valence-electron chi connectivity index (χ2n) is 2.80. The van der Waals surface area contributed by atoms with Crippen molar-refractivity contribution in [1.29, 1.82) is 0 Å². The van der Waals surface area contributed by atoms with Crippen LogP contribution in [0.3, 0.4) is 0 Å². The number of thiophene rings is 1. The van der Waals surface area contributed by atoms with E-state index in [1.54, 1.807) is 0 Å². The van der Waals surface area contributed by atoms with Crippen molar-refractivity contribution in [3.05, 3.63) is 44.2 Å². The minimum atomic E-state index is -0.483. The second kappa shape index (κ2) is 3.96. The van der Waals surface area contributed by atoms with Crippen molar-refractivity contribution in [2.75, 3.05) is 0 Å². The van der Waals surface area contributed by atoms with Gasteiger partial charge in [0, 0.05) is 17.0 Å². The SMILES string of the molecule is O=[N+]([O-])c1cc(Cl)nc(-c2ccsc2)c1. The number of aromatic nitrogens is 1. The quantitative estimate of drug-likeness (QED) is 0.459. The van der Waals surface area contributed by atoms with E-state index in [-0.39, 0.29) is 10.8 Å². The Balaban J connectivity index is 2.54. The van der Waals surface area contributed by atoms with E-state index in [0.717, 1.165) is 5.56 Å². The van der Waals surface area contributed by atoms with Gasteiger partial charge < -0.3 is 0 Å². The van der Waals surface area contributed by atoms with E-state index in [0.29, 0.717) is 5.69 Å². The van der Waals surface area contributed by atoms with Gasteiger partial charge in [-0.25, -0.2) is 4.98 Å². The molecule has 0 unspecified atom stereocenters. The van der Waals surface area contributed by atoms with Gasteiger partial charge in [-0.05, 0) is 11.4 Å². The smallest absolute Gasteiger partial charge is 0.258 e. The van der Waals surface area contributed by atoms with Crippen LogP contribution in [0.15, 0.2) is 29.0 Å². The first kappa shape index (κ1) is 10.1. The maximum Gasteiger partial charge on any atom is 0.274 e. The largest absolute Gasteiger partial charge is 0.274 e. The summed E-state index contributed by atoms with van der Waals surface area (Å²) in [4.78, 5) is 14.1. The summed E-state index contributed by atoms with van der Waals surface area (Å²) in [6.45, 7) is 0. The van der Waals surface area contributed by atoms with Crippen LogP contribution in [0.1, 0.15) is 0 Å². The van der Waals surface area contributed by atoms with Crippen molar-refractivity contribution in [3.8, 4) is 11.3 Å². The van der Waals surface area contributed by atoms with Crippen molar-refractivity contribution < 1.29 is 4.92 Å². The van der Waals surface area contributed by atoms with Crippen LogP contribution < -0.4 is 0 Å². The summed E-state index contributed by atoms with van der Waals surface area (Å²) in [6.07, 6.45) is 0. The number of rotatable bonds is 2. The molecule has 0 fully saturated rings. The third kappa shape index (κ3) is 2.14. The predicted octanol–water partition coefficient (Wildman–Crippen LogP) is 3.37. The lowest BCUT2D eigenvalue weighted by Crippen LogP contribution is -1.91. The topological polar surface area (TPSA) is 56.0 Å². The van der Waals surface area contributed by atoms with Crippen molar-refractivity contribution in [2.24, 2.45) is 0 Å². The molecule has 0 aliphatic heterocycles. The van der Waals surface area contributed by atoms with Gasteiger partial charge in [-0.2, -0.15) is 11.3 Å². The lowest BCUT2D eigenvalue weighted by atomic mass is 10.2. The van der Waals surface area contributed by atoms with Gasteiger partial charge in [0.05, 0.1) is 16.7 Å². The summed E-state index contributed by atoms with van der Waals surface area (Å²) in [6, 6.07) is 4.48. The summed E-state index contributed by atoms with van der Waals surface area (Å²) < 4.78 is 0. The zero-order chi connectivity index (χ0) is 10.8. The highest BCUT2D eigenvalue weighted by Gasteiger charge is 2.11. The van der Waals surface area contributed by atoms with E-state index in [1.165, 1.54) is 23.5 Å². The third-order valence-electron chi connectivity index (χ3n) is 1.81. The maximum absolute atomic E-state index is 10.6. The van der Waals surface area contributed by atoms with E-state index in [1.807, 2.05) is 16.8 Å². The normalized spacial score (nSPS) is 10.2. The van der Waals surface area contributed by atoms with Crippen molar-refractivity contribution in [1.82, 2.24) is 4.98 Å². The number of nitrogens with zero attached hydrogens (tertiary/aromatic N) is 2. The fourth-order valence-corrected chi connectivity index (χ4v) is 2.00. The molecule has 2 aromatic heterocycles. The number of pyridine rings is 1. The van der Waals surface area contributed by atoms with Gasteiger partial charge in [-0.3, -0.25) is 10.1 Å². The molecule has 0 aromatic carbocycles. The first-order chi connectivity index (χ1) is 7.16. The molecule has 2 rings (SSSR count). The number of hydrogen-bond donors (Lipinski definition) is 0. The molecule has 0 saturated carbocycles. The summed E-state index contributed by atoms with van der Waals surface area (Å²) in [5, 5.41) is 14.5. The molecular weight excluding hydrogens is 236 g/mol. The van der Waals surface area contributed by atoms with Crippen LogP contribution in [-0.4, -0.2) is 9.91 Å². The van der Waals surface area contributed by atoms with E-state index in [2.05, 4.69) is 4.98 Å². The number of hydrogen-bond acceptors (Lipinski definition) is 4. The molecule has 4 nitrogen and oxygen atoms in total. The summed E-state index contributed by atoms with van der Waals surface area (Å²) >= 11 is 7.20. The summed E-state index contributed by atoms with van der Waals surface area (Å²) in [5.74, 6) is 0. The average Bonchev–Trinajstić information content (AvgIpc) is 2.69. The van der Waals surface area contributed by atoms with Gasteiger partial charge in [0.15, 0.2) is 0 Å². The fourth-order valence-electron chi connectivity index (χ4n) is 1.15. The van der Waals surface area contributed by atoms with Crippen LogP contribution >= 0.6 is 22.9 Å². The van der Waals surface area contributed by atoms with Crippen LogP contribution in [0.4, 0.5) is 5.69 Å². The van der Waals surface area contributed by atoms with Crippen molar-refractivity contribution in [3.63, 3.8) is 0 Å². The zero-order valence-corrected chi connectivity index (χ0v) is 8.96. The second-order valence-corrected chi connectivity index (χ2v) is 3.97. The van der Waals surface area contributed by atoms with Gasteiger partial charge in [0.2, 0.25) is 0 Å². The Hall–Kier alpha value is -1.46. The molecule has 0 spiro atoms. The third-order valence-corrected chi connectivity index (χ3v) is 2.68. The molecule has 0 bridgehead atoms. The summed E-state index contributed by atoms with van der Waals surface area (Å²) in [5.41, 5.74) is 1.32. The predicted molar refractivity (Wildman–Crippen MR) is 59.2 cm³/mol. The zero-order valence-electron chi connectivity index (χ0n) is 7.38. The van der Waals surface area contributed by atoms with Crippen LogP contribution in [0.5, 0.6) is 0 Å². The fraction of sp³-hybridized carbons (Fsp3) is 0. The first-order valence-electron chi connectivity index (χ1n) is 4.01. The first-order valence-corrected chi connectivity index (χ1v) is 5.33. The van der Waals surface area contributed by atoms with Gasteiger partial charge in [0.1, 0.15) is 5.15 Å². The van der Waals surface area contributed by atoms with Gasteiger partial charge >= 0.3 is 0 Å². The van der Waals surface area contributed by atoms with E-state index >= 15 is 0 Å². The Labute approximate surface area is 94.3 Å². The molecule has 0 atom stereocenters. The Morgan fingerprint density at radius 3 is 2.87 bits per heavy atom. The van der Waals surface area contributed by atoms with E-state index in [9.17, 15) is 10.1 Å². The van der Waals surface area contributed by atoms with Crippen molar-refractivity contribution in [2.45, 2.75) is 0 Å². The minimum absolute atomic E-state index is 0.0452. The van der Waals surface area contributed by atoms with Crippen LogP contribution in [0.2, 0.25) is 5.15 Å². The standard InChI is InChI=1S/C9H5ClN2O2S/c10-9-4-7(12(13)14)3-8(11-9)6-1-2-15-5-6/h1-5H. The highest BCUT2D eigenvalue weighted by atomic mass is 35.5. The Morgan fingerprint density at radius 2 is 2.27 bits per heavy atom. The lowest BCUT2D eigenvalue weighted by Gasteiger charge is -1.98. The monoisotopic (exact) mass is 240 g/mol. The molecular formula is C9H5ClN2O2S. The molecule has 0 aliphatic rings. The minimum Gasteiger partial charge on any atom is -0.258 e. The highest BCUT2D eigenvalue weighted by Crippen LogP contribution is 2.26. The maximum atomic E-state index is 10.6. The van der Waals surface area contributed by atoms with Gasteiger partial charge in [-0.1, -0.05) is 11.6 Å². The van der Waals surface area contributed by atoms with E-state index in [4.69, 9.17) is 11.6 Å². The molecule has 6 heteroatoms. The van der Waals surface area contributed by atoms with Crippen LogP contribution in [-0.2, 0) is 0 Å². The molecule has 0 aliphatic carbocycles. The Kier molecular flexibility index (Phi) is 2.66. The molecule has 0 amide bonds. The molecule has 2 aromatic rings. The highest BCUT2D eigenvalue weighted by molar-refractivity contribution is 7.08. The molecule has 76 valence electrons. The van der Waals surface area contributed by atoms with Gasteiger partial charge in [0.25, 0.3) is 5.69 Å². The molecule has 0 N–H and O–H groups in total. The summed E-state index contributed by atoms with van der Waals surface area (Å²) in [7, 11) is 0. The lowest BCUT2D eigenvalue weighted by molar-refractivity contribution is -0.384. The number of nitro groups is 1. The Morgan fingerprint density at radius 1 is 1.47 bits per heavy atom. The number of halogens is 1. The molecule has 15 heavy (non-hydrogen) atoms. The van der Waals surface area contributed by atoms with Crippen LogP contribution in [0, 0.1) is 10.1 Å². The molecule has 0 radical (unpaired) electrons. The molecule has 0 saturated heterocycles. The van der Waals surface area contributed by atoms with Crippen molar-refractivity contribution >= 4 is 28.6 Å². The van der Waals surface area contributed by atoms with E-state index < -0.39 is 4.92 Å². The van der Waals surface area contributed by atoms with Gasteiger partial charge in [-0.15, -0.1) is 0 Å². The van der Waals surface area contributed by atoms with Crippen LogP contribution in [0.25, 0.3) is 11.3 Å². The Bertz CT molecular complexity index is 499.